The van der Waals surface area contributed by atoms with Crippen LogP contribution in [0.4, 0.5) is 0 Å². The Bertz CT molecular complexity index is 978. The largest absolute Gasteiger partial charge is 0.389 e. The lowest BCUT2D eigenvalue weighted by Gasteiger charge is -2.03. The molecule has 0 fully saturated rings. The van der Waals surface area contributed by atoms with Crippen LogP contribution < -0.4 is 5.73 Å². The van der Waals surface area contributed by atoms with Crippen LogP contribution in [0.1, 0.15) is 5.56 Å². The van der Waals surface area contributed by atoms with Crippen LogP contribution in [-0.4, -0.2) is 15.0 Å². The summed E-state index contributed by atoms with van der Waals surface area (Å²) in [5.41, 5.74) is 11.1. The van der Waals surface area contributed by atoms with E-state index in [0.29, 0.717) is 4.99 Å². The van der Waals surface area contributed by atoms with E-state index in [0.717, 1.165) is 27.7 Å². The fourth-order valence-electron chi connectivity index (χ4n) is 2.75. The van der Waals surface area contributed by atoms with Gasteiger partial charge in [0.2, 0.25) is 0 Å². The van der Waals surface area contributed by atoms with Crippen molar-refractivity contribution in [3.63, 3.8) is 0 Å². The Kier molecular flexibility index (Phi) is 2.59. The van der Waals surface area contributed by atoms with Gasteiger partial charge in [-0.1, -0.05) is 30.4 Å². The van der Waals surface area contributed by atoms with Crippen molar-refractivity contribution < 1.29 is 0 Å². The highest BCUT2D eigenvalue weighted by Crippen LogP contribution is 2.31. The lowest BCUT2D eigenvalue weighted by Crippen LogP contribution is -2.08. The SMILES string of the molecule is NC(=S)c1cccc(-c2c[nH]c3cc4cc[nH]c4cc23)c1. The summed E-state index contributed by atoms with van der Waals surface area (Å²) in [7, 11) is 0. The first-order valence-corrected chi connectivity index (χ1v) is 7.12. The van der Waals surface area contributed by atoms with E-state index >= 15 is 0 Å². The molecule has 4 rings (SSSR count). The molecular formula is C17H13N3S. The molecule has 0 saturated heterocycles. The molecular weight excluding hydrogens is 278 g/mol. The predicted molar refractivity (Wildman–Crippen MR) is 91.5 cm³/mol. The molecule has 0 spiro atoms. The Labute approximate surface area is 126 Å². The second kappa shape index (κ2) is 4.46. The van der Waals surface area contributed by atoms with Crippen molar-refractivity contribution in [2.24, 2.45) is 5.73 Å². The molecule has 0 radical (unpaired) electrons. The van der Waals surface area contributed by atoms with Gasteiger partial charge in [-0.25, -0.2) is 0 Å². The van der Waals surface area contributed by atoms with Crippen molar-refractivity contribution in [2.75, 3.05) is 0 Å². The zero-order chi connectivity index (χ0) is 14.4. The highest BCUT2D eigenvalue weighted by molar-refractivity contribution is 7.80. The molecule has 21 heavy (non-hydrogen) atoms. The van der Waals surface area contributed by atoms with Crippen molar-refractivity contribution in [1.82, 2.24) is 9.97 Å². The Morgan fingerprint density at radius 1 is 1.00 bits per heavy atom. The van der Waals surface area contributed by atoms with Gasteiger partial charge < -0.3 is 15.7 Å². The van der Waals surface area contributed by atoms with Crippen molar-refractivity contribution in [1.29, 1.82) is 0 Å². The fraction of sp³-hybridized carbons (Fsp3) is 0. The Hall–Kier alpha value is -2.59. The minimum Gasteiger partial charge on any atom is -0.389 e. The van der Waals surface area contributed by atoms with E-state index < -0.39 is 0 Å². The number of rotatable bonds is 2. The van der Waals surface area contributed by atoms with Gasteiger partial charge in [-0.05, 0) is 29.8 Å². The summed E-state index contributed by atoms with van der Waals surface area (Å²) >= 11 is 5.06. The Balaban J connectivity index is 1.97. The van der Waals surface area contributed by atoms with Crippen LogP contribution in [0.15, 0.2) is 54.9 Å². The molecule has 0 bridgehead atoms. The van der Waals surface area contributed by atoms with Crippen LogP contribution in [0.25, 0.3) is 32.9 Å². The molecule has 0 unspecified atom stereocenters. The van der Waals surface area contributed by atoms with Crippen molar-refractivity contribution in [2.45, 2.75) is 0 Å². The number of H-pyrrole nitrogens is 2. The van der Waals surface area contributed by atoms with E-state index in [-0.39, 0.29) is 0 Å². The normalized spacial score (nSPS) is 11.2. The highest BCUT2D eigenvalue weighted by atomic mass is 32.1. The highest BCUT2D eigenvalue weighted by Gasteiger charge is 2.09. The zero-order valence-corrected chi connectivity index (χ0v) is 12.0. The molecule has 0 amide bonds. The fourth-order valence-corrected chi connectivity index (χ4v) is 2.88. The summed E-state index contributed by atoms with van der Waals surface area (Å²) in [6.45, 7) is 0. The van der Waals surface area contributed by atoms with Gasteiger partial charge in [0, 0.05) is 45.3 Å². The Morgan fingerprint density at radius 2 is 1.90 bits per heavy atom. The summed E-state index contributed by atoms with van der Waals surface area (Å²) in [5.74, 6) is 0. The number of benzene rings is 2. The molecule has 2 heterocycles. The third-order valence-corrected chi connectivity index (χ3v) is 4.05. The van der Waals surface area contributed by atoms with Gasteiger partial charge in [0.1, 0.15) is 4.99 Å². The summed E-state index contributed by atoms with van der Waals surface area (Å²) in [6, 6.07) is 14.4. The third-order valence-electron chi connectivity index (χ3n) is 3.81. The van der Waals surface area contributed by atoms with E-state index in [4.69, 9.17) is 18.0 Å². The van der Waals surface area contributed by atoms with Crippen LogP contribution in [0.5, 0.6) is 0 Å². The molecule has 4 heteroatoms. The van der Waals surface area contributed by atoms with Crippen LogP contribution in [-0.2, 0) is 0 Å². The van der Waals surface area contributed by atoms with E-state index in [9.17, 15) is 0 Å². The minimum absolute atomic E-state index is 0.420. The maximum absolute atomic E-state index is 5.73. The first-order valence-electron chi connectivity index (χ1n) is 6.71. The molecule has 0 atom stereocenters. The molecule has 2 aromatic heterocycles. The average molecular weight is 291 g/mol. The van der Waals surface area contributed by atoms with Crippen LogP contribution in [0, 0.1) is 0 Å². The zero-order valence-electron chi connectivity index (χ0n) is 11.2. The van der Waals surface area contributed by atoms with Crippen LogP contribution >= 0.6 is 12.2 Å². The molecule has 4 aromatic rings. The number of hydrogen-bond acceptors (Lipinski definition) is 1. The molecule has 0 aliphatic carbocycles. The summed E-state index contributed by atoms with van der Waals surface area (Å²) < 4.78 is 0. The van der Waals surface area contributed by atoms with E-state index in [1.807, 2.05) is 30.6 Å². The molecule has 0 aliphatic rings. The number of hydrogen-bond donors (Lipinski definition) is 3. The second-order valence-electron chi connectivity index (χ2n) is 5.11. The van der Waals surface area contributed by atoms with Gasteiger partial charge in [0.25, 0.3) is 0 Å². The maximum Gasteiger partial charge on any atom is 0.104 e. The second-order valence-corrected chi connectivity index (χ2v) is 5.55. The number of nitrogens with two attached hydrogens (primary N) is 1. The molecule has 3 nitrogen and oxygen atoms in total. The number of fused-ring (bicyclic) bond motifs is 2. The lowest BCUT2D eigenvalue weighted by molar-refractivity contribution is 1.47. The third kappa shape index (κ3) is 1.92. The van der Waals surface area contributed by atoms with Gasteiger partial charge in [0.05, 0.1) is 0 Å². The minimum atomic E-state index is 0.420. The summed E-state index contributed by atoms with van der Waals surface area (Å²) in [5, 5.41) is 2.39. The maximum atomic E-state index is 5.73. The summed E-state index contributed by atoms with van der Waals surface area (Å²) in [6.07, 6.45) is 3.99. The van der Waals surface area contributed by atoms with E-state index in [1.54, 1.807) is 0 Å². The number of aromatic nitrogens is 2. The molecule has 102 valence electrons. The number of thiocarbonyl (C=S) groups is 1. The van der Waals surface area contributed by atoms with Gasteiger partial charge in [-0.3, -0.25) is 0 Å². The average Bonchev–Trinajstić information content (AvgIpc) is 3.10. The monoisotopic (exact) mass is 291 g/mol. The number of nitrogens with one attached hydrogen (secondary N) is 2. The van der Waals surface area contributed by atoms with Crippen molar-refractivity contribution in [3.8, 4) is 11.1 Å². The van der Waals surface area contributed by atoms with Crippen LogP contribution in [0.2, 0.25) is 0 Å². The lowest BCUT2D eigenvalue weighted by atomic mass is 10.0. The standard InChI is InChI=1S/C17H13N3S/c18-17(21)12-3-1-2-10(6-12)14-9-20-16-7-11-4-5-19-15(11)8-13(14)16/h1-9,19-20H,(H2,18,21). The van der Waals surface area contributed by atoms with Gasteiger partial charge in [-0.15, -0.1) is 0 Å². The topological polar surface area (TPSA) is 57.6 Å². The smallest absolute Gasteiger partial charge is 0.104 e. The van der Waals surface area contributed by atoms with Crippen LogP contribution in [0.3, 0.4) is 0 Å². The first-order chi connectivity index (χ1) is 10.2. The molecule has 4 N–H and O–H groups in total. The van der Waals surface area contributed by atoms with E-state index in [2.05, 4.69) is 34.2 Å². The Morgan fingerprint density at radius 3 is 2.76 bits per heavy atom. The first kappa shape index (κ1) is 12.2. The molecule has 0 aliphatic heterocycles. The quantitative estimate of drug-likeness (QED) is 0.490. The predicted octanol–water partition coefficient (Wildman–Crippen LogP) is 3.95. The van der Waals surface area contributed by atoms with Gasteiger partial charge in [-0.2, -0.15) is 0 Å². The van der Waals surface area contributed by atoms with Gasteiger partial charge in [0.15, 0.2) is 0 Å². The molecule has 0 saturated carbocycles. The number of aromatic amines is 2. The van der Waals surface area contributed by atoms with Gasteiger partial charge >= 0.3 is 0 Å². The summed E-state index contributed by atoms with van der Waals surface area (Å²) in [4.78, 5) is 7.01. The molecule has 2 aromatic carbocycles. The van der Waals surface area contributed by atoms with Crippen molar-refractivity contribution >= 4 is 39.0 Å². The van der Waals surface area contributed by atoms with Crippen molar-refractivity contribution in [3.05, 3.63) is 60.4 Å². The van der Waals surface area contributed by atoms with E-state index in [1.165, 1.54) is 10.8 Å².